The van der Waals surface area contributed by atoms with Crippen LogP contribution in [-0.4, -0.2) is 12.6 Å². The van der Waals surface area contributed by atoms with Gasteiger partial charge >= 0.3 is 5.97 Å². The lowest BCUT2D eigenvalue weighted by atomic mass is 10.2. The van der Waals surface area contributed by atoms with Gasteiger partial charge in [-0.15, -0.1) is 0 Å². The fraction of sp³-hybridized carbons (Fsp3) is 0.312. The van der Waals surface area contributed by atoms with Crippen molar-refractivity contribution in [1.29, 1.82) is 0 Å². The topological polar surface area (TPSA) is 26.3 Å². The normalized spacial score (nSPS) is 11.2. The molecule has 0 aromatic heterocycles. The van der Waals surface area contributed by atoms with E-state index in [1.807, 2.05) is 54.6 Å². The third-order valence-corrected chi connectivity index (χ3v) is 2.36. The van der Waals surface area contributed by atoms with Crippen molar-refractivity contribution >= 4 is 12.0 Å². The molecule has 96 valence electrons. The zero-order valence-corrected chi connectivity index (χ0v) is 10.8. The highest BCUT2D eigenvalue weighted by molar-refractivity contribution is 5.72. The fourth-order valence-corrected chi connectivity index (χ4v) is 1.41. The molecule has 0 radical (unpaired) electrons. The monoisotopic (exact) mass is 244 g/mol. The Bertz CT molecular complexity index is 391. The fourth-order valence-electron chi connectivity index (χ4n) is 1.41. The molecule has 0 fully saturated rings. The van der Waals surface area contributed by atoms with E-state index in [2.05, 4.69) is 6.92 Å². The van der Waals surface area contributed by atoms with Crippen LogP contribution in [0.15, 0.2) is 48.6 Å². The maximum absolute atomic E-state index is 11.4. The highest BCUT2D eigenvalue weighted by atomic mass is 16.5. The minimum Gasteiger partial charge on any atom is -0.461 e. The molecule has 0 amide bonds. The Balaban J connectivity index is 2.19. The quantitative estimate of drug-likeness (QED) is 0.535. The summed E-state index contributed by atoms with van der Waals surface area (Å²) in [6.45, 7) is 2.49. The van der Waals surface area contributed by atoms with Gasteiger partial charge in [-0.3, -0.25) is 4.79 Å². The van der Waals surface area contributed by atoms with E-state index in [0.717, 1.165) is 18.4 Å². The van der Waals surface area contributed by atoms with Crippen molar-refractivity contribution in [2.75, 3.05) is 6.61 Å². The number of hydrogen-bond acceptors (Lipinski definition) is 2. The van der Waals surface area contributed by atoms with Crippen LogP contribution in [-0.2, 0) is 9.53 Å². The number of hydrogen-bond donors (Lipinski definition) is 0. The third kappa shape index (κ3) is 6.69. The van der Waals surface area contributed by atoms with Crippen LogP contribution in [0, 0.1) is 0 Å². The Morgan fingerprint density at radius 3 is 2.67 bits per heavy atom. The van der Waals surface area contributed by atoms with Crippen molar-refractivity contribution in [2.24, 2.45) is 0 Å². The lowest BCUT2D eigenvalue weighted by Crippen LogP contribution is -2.02. The summed E-state index contributed by atoms with van der Waals surface area (Å²) in [6, 6.07) is 9.89. The lowest BCUT2D eigenvalue weighted by Gasteiger charge is -1.98. The van der Waals surface area contributed by atoms with Gasteiger partial charge in [0, 0.05) is 0 Å². The van der Waals surface area contributed by atoms with Crippen molar-refractivity contribution in [3.05, 3.63) is 54.1 Å². The average molecular weight is 244 g/mol. The zero-order valence-electron chi connectivity index (χ0n) is 10.8. The Morgan fingerprint density at radius 1 is 1.17 bits per heavy atom. The smallest absolute Gasteiger partial charge is 0.309 e. The van der Waals surface area contributed by atoms with Crippen LogP contribution in [0.4, 0.5) is 0 Å². The van der Waals surface area contributed by atoms with Gasteiger partial charge in [-0.25, -0.2) is 0 Å². The second kappa shape index (κ2) is 9.23. The molecule has 0 atom stereocenters. The first kappa shape index (κ1) is 14.2. The first-order valence-corrected chi connectivity index (χ1v) is 6.35. The summed E-state index contributed by atoms with van der Waals surface area (Å²) in [5.74, 6) is -0.191. The molecule has 2 heteroatoms. The highest BCUT2D eigenvalue weighted by Crippen LogP contribution is 2.02. The summed E-state index contributed by atoms with van der Waals surface area (Å²) in [5.41, 5.74) is 1.09. The summed E-state index contributed by atoms with van der Waals surface area (Å²) in [4.78, 5) is 11.4. The first-order chi connectivity index (χ1) is 8.83. The van der Waals surface area contributed by atoms with Crippen LogP contribution in [0.2, 0.25) is 0 Å². The summed E-state index contributed by atoms with van der Waals surface area (Å²) in [5, 5.41) is 0. The maximum Gasteiger partial charge on any atom is 0.309 e. The molecule has 1 aromatic rings. The van der Waals surface area contributed by atoms with Crippen molar-refractivity contribution < 1.29 is 9.53 Å². The molecule has 0 aliphatic rings. The van der Waals surface area contributed by atoms with Crippen molar-refractivity contribution in [3.8, 4) is 0 Å². The molecular formula is C16H20O2. The molecule has 0 saturated heterocycles. The summed E-state index contributed by atoms with van der Waals surface area (Å²) in [7, 11) is 0. The Kier molecular flexibility index (Phi) is 7.29. The van der Waals surface area contributed by atoms with Gasteiger partial charge < -0.3 is 4.74 Å². The van der Waals surface area contributed by atoms with Gasteiger partial charge in [0.1, 0.15) is 6.61 Å². The minimum atomic E-state index is -0.191. The molecule has 0 bridgehead atoms. The van der Waals surface area contributed by atoms with Crippen molar-refractivity contribution in [1.82, 2.24) is 0 Å². The van der Waals surface area contributed by atoms with E-state index >= 15 is 0 Å². The van der Waals surface area contributed by atoms with Crippen molar-refractivity contribution in [3.63, 3.8) is 0 Å². The van der Waals surface area contributed by atoms with Crippen LogP contribution >= 0.6 is 0 Å². The molecule has 0 saturated carbocycles. The van der Waals surface area contributed by atoms with Gasteiger partial charge in [-0.05, 0) is 12.0 Å². The van der Waals surface area contributed by atoms with Gasteiger partial charge in [-0.2, -0.15) is 0 Å². The van der Waals surface area contributed by atoms with E-state index in [1.165, 1.54) is 0 Å². The van der Waals surface area contributed by atoms with Crippen LogP contribution < -0.4 is 0 Å². The largest absolute Gasteiger partial charge is 0.461 e. The predicted octanol–water partition coefficient (Wildman–Crippen LogP) is 3.99. The van der Waals surface area contributed by atoms with Gasteiger partial charge in [0.15, 0.2) is 0 Å². The number of esters is 1. The Morgan fingerprint density at radius 2 is 1.94 bits per heavy atom. The molecule has 1 rings (SSSR count). The zero-order chi connectivity index (χ0) is 13.1. The minimum absolute atomic E-state index is 0.191. The molecule has 0 aliphatic heterocycles. The number of carbonyl (C=O) groups excluding carboxylic acids is 1. The van der Waals surface area contributed by atoms with E-state index in [9.17, 15) is 4.79 Å². The van der Waals surface area contributed by atoms with E-state index in [1.54, 1.807) is 0 Å². The number of unbranched alkanes of at least 4 members (excludes halogenated alkanes) is 1. The molecule has 0 spiro atoms. The van der Waals surface area contributed by atoms with E-state index in [4.69, 9.17) is 4.74 Å². The second-order valence-electron chi connectivity index (χ2n) is 3.96. The van der Waals surface area contributed by atoms with Gasteiger partial charge in [0.05, 0.1) is 6.42 Å². The molecule has 0 unspecified atom stereocenters. The Labute approximate surface area is 109 Å². The molecule has 18 heavy (non-hydrogen) atoms. The predicted molar refractivity (Wildman–Crippen MR) is 75.1 cm³/mol. The lowest BCUT2D eigenvalue weighted by molar-refractivity contribution is -0.141. The molecule has 0 aliphatic carbocycles. The van der Waals surface area contributed by atoms with Crippen LogP contribution in [0.25, 0.3) is 6.08 Å². The van der Waals surface area contributed by atoms with Gasteiger partial charge in [0.2, 0.25) is 0 Å². The summed E-state index contributed by atoms with van der Waals surface area (Å²) in [6.07, 6.45) is 10.1. The number of carbonyl (C=O) groups is 1. The van der Waals surface area contributed by atoms with Crippen LogP contribution in [0.1, 0.15) is 31.7 Å². The van der Waals surface area contributed by atoms with Gasteiger partial charge in [0.25, 0.3) is 0 Å². The molecule has 0 N–H and O–H groups in total. The molecule has 2 nitrogen and oxygen atoms in total. The average Bonchev–Trinajstić information content (AvgIpc) is 2.40. The number of benzene rings is 1. The number of ether oxygens (including phenoxy) is 1. The summed E-state index contributed by atoms with van der Waals surface area (Å²) >= 11 is 0. The van der Waals surface area contributed by atoms with E-state index < -0.39 is 0 Å². The molecular weight excluding hydrogens is 224 g/mol. The molecule has 1 aromatic carbocycles. The van der Waals surface area contributed by atoms with Crippen LogP contribution in [0.5, 0.6) is 0 Å². The number of rotatable bonds is 7. The standard InChI is InChI=1S/C16H20O2/c1-2-3-4-8-14-18-16(17)13-9-12-15-10-6-5-7-11-15/h4-12H,2-3,13-14H2,1H3/b8-4-,12-9+. The second-order valence-corrected chi connectivity index (χ2v) is 3.96. The summed E-state index contributed by atoms with van der Waals surface area (Å²) < 4.78 is 5.05. The molecule has 0 heterocycles. The van der Waals surface area contributed by atoms with E-state index in [0.29, 0.717) is 13.0 Å². The Hall–Kier alpha value is -1.83. The third-order valence-electron chi connectivity index (χ3n) is 2.36. The van der Waals surface area contributed by atoms with Gasteiger partial charge in [-0.1, -0.05) is 68.0 Å². The first-order valence-electron chi connectivity index (χ1n) is 6.35. The maximum atomic E-state index is 11.4. The highest BCUT2D eigenvalue weighted by Gasteiger charge is 1.96. The number of allylic oxidation sites excluding steroid dienone is 1. The van der Waals surface area contributed by atoms with E-state index in [-0.39, 0.29) is 5.97 Å². The van der Waals surface area contributed by atoms with Crippen LogP contribution in [0.3, 0.4) is 0 Å². The SMILES string of the molecule is CCC/C=C\COC(=O)C/C=C/c1ccccc1. The van der Waals surface area contributed by atoms with Crippen molar-refractivity contribution in [2.45, 2.75) is 26.2 Å².